The highest BCUT2D eigenvalue weighted by molar-refractivity contribution is 5.47. The van der Waals surface area contributed by atoms with Crippen LogP contribution in [0.5, 0.6) is 23.0 Å². The quantitative estimate of drug-likeness (QED) is 0.679. The number of rotatable bonds is 8. The van der Waals surface area contributed by atoms with Gasteiger partial charge in [-0.25, -0.2) is 0 Å². The van der Waals surface area contributed by atoms with E-state index in [4.69, 9.17) is 14.2 Å². The second kappa shape index (κ2) is 8.20. The number of benzene rings is 2. The third-order valence-corrected chi connectivity index (χ3v) is 2.82. The van der Waals surface area contributed by atoms with Crippen LogP contribution in [-0.2, 0) is 0 Å². The van der Waals surface area contributed by atoms with Crippen molar-refractivity contribution in [1.82, 2.24) is 0 Å². The van der Waals surface area contributed by atoms with Crippen LogP contribution in [0.1, 0.15) is 26.7 Å². The Bertz CT molecular complexity index is 537. The highest BCUT2D eigenvalue weighted by atomic mass is 16.5. The summed E-state index contributed by atoms with van der Waals surface area (Å²) in [6, 6.07) is 15.4. The zero-order valence-corrected chi connectivity index (χ0v) is 12.7. The van der Waals surface area contributed by atoms with Crippen molar-refractivity contribution in [3.63, 3.8) is 0 Å². The van der Waals surface area contributed by atoms with Gasteiger partial charge in [-0.05, 0) is 37.1 Å². The molecule has 0 heterocycles. The highest BCUT2D eigenvalue weighted by Crippen LogP contribution is 2.35. The molecular formula is C18H22O3. The van der Waals surface area contributed by atoms with Crippen molar-refractivity contribution in [2.45, 2.75) is 26.7 Å². The molecule has 0 aliphatic carbocycles. The lowest BCUT2D eigenvalue weighted by Crippen LogP contribution is -1.99. The molecule has 0 aromatic heterocycles. The lowest BCUT2D eigenvalue weighted by atomic mass is 10.3. The van der Waals surface area contributed by atoms with E-state index >= 15 is 0 Å². The summed E-state index contributed by atoms with van der Waals surface area (Å²) >= 11 is 0. The summed E-state index contributed by atoms with van der Waals surface area (Å²) in [5.74, 6) is 3.01. The molecule has 21 heavy (non-hydrogen) atoms. The average molecular weight is 286 g/mol. The molecule has 0 aliphatic heterocycles. The Balaban J connectivity index is 2.20. The number of ether oxygens (including phenoxy) is 3. The fourth-order valence-corrected chi connectivity index (χ4v) is 1.82. The predicted molar refractivity (Wildman–Crippen MR) is 84.5 cm³/mol. The monoisotopic (exact) mass is 286 g/mol. The summed E-state index contributed by atoms with van der Waals surface area (Å²) in [4.78, 5) is 0. The van der Waals surface area contributed by atoms with Crippen molar-refractivity contribution in [1.29, 1.82) is 0 Å². The molecule has 112 valence electrons. The van der Waals surface area contributed by atoms with E-state index < -0.39 is 0 Å². The molecular weight excluding hydrogens is 264 g/mol. The molecule has 0 N–H and O–H groups in total. The Morgan fingerprint density at radius 1 is 0.714 bits per heavy atom. The van der Waals surface area contributed by atoms with E-state index in [1.165, 1.54) is 0 Å². The molecule has 0 aliphatic rings. The highest BCUT2D eigenvalue weighted by Gasteiger charge is 2.08. The van der Waals surface area contributed by atoms with Gasteiger partial charge in [0.05, 0.1) is 13.2 Å². The first-order chi connectivity index (χ1) is 10.3. The Morgan fingerprint density at radius 2 is 1.43 bits per heavy atom. The van der Waals surface area contributed by atoms with Crippen LogP contribution in [0.4, 0.5) is 0 Å². The summed E-state index contributed by atoms with van der Waals surface area (Å²) in [6.45, 7) is 5.52. The minimum Gasteiger partial charge on any atom is -0.493 e. The molecule has 0 fully saturated rings. The Labute approximate surface area is 126 Å². The topological polar surface area (TPSA) is 27.7 Å². The third-order valence-electron chi connectivity index (χ3n) is 2.82. The van der Waals surface area contributed by atoms with Gasteiger partial charge in [0, 0.05) is 6.07 Å². The van der Waals surface area contributed by atoms with Crippen molar-refractivity contribution in [3.8, 4) is 23.0 Å². The van der Waals surface area contributed by atoms with E-state index in [0.29, 0.717) is 19.0 Å². The van der Waals surface area contributed by atoms with Crippen molar-refractivity contribution in [2.75, 3.05) is 13.2 Å². The Kier molecular flexibility index (Phi) is 5.95. The normalized spacial score (nSPS) is 10.2. The van der Waals surface area contributed by atoms with Crippen LogP contribution in [0.25, 0.3) is 0 Å². The van der Waals surface area contributed by atoms with Crippen molar-refractivity contribution in [2.24, 2.45) is 0 Å². The van der Waals surface area contributed by atoms with Crippen LogP contribution in [0.2, 0.25) is 0 Å². The summed E-state index contributed by atoms with van der Waals surface area (Å²) in [5.41, 5.74) is 0. The summed E-state index contributed by atoms with van der Waals surface area (Å²) in [5, 5.41) is 0. The van der Waals surface area contributed by atoms with Crippen LogP contribution in [-0.4, -0.2) is 13.2 Å². The maximum atomic E-state index is 5.92. The number of hydrogen-bond donors (Lipinski definition) is 0. The molecule has 0 bridgehead atoms. The summed E-state index contributed by atoms with van der Waals surface area (Å²) in [7, 11) is 0. The Morgan fingerprint density at radius 3 is 2.14 bits per heavy atom. The van der Waals surface area contributed by atoms with E-state index in [0.717, 1.165) is 30.1 Å². The molecule has 3 heteroatoms. The molecule has 2 aromatic carbocycles. The van der Waals surface area contributed by atoms with Gasteiger partial charge < -0.3 is 14.2 Å². The van der Waals surface area contributed by atoms with Gasteiger partial charge in [0.15, 0.2) is 11.5 Å². The minimum absolute atomic E-state index is 0.667. The van der Waals surface area contributed by atoms with E-state index in [2.05, 4.69) is 13.8 Å². The number of para-hydroxylation sites is 1. The second-order valence-electron chi connectivity index (χ2n) is 4.72. The molecule has 0 spiro atoms. The first-order valence-corrected chi connectivity index (χ1v) is 7.46. The SMILES string of the molecule is CCCOc1ccc(OCCC)c(Oc2ccccc2)c1. The van der Waals surface area contributed by atoms with Gasteiger partial charge in [0.2, 0.25) is 0 Å². The van der Waals surface area contributed by atoms with Gasteiger partial charge >= 0.3 is 0 Å². The molecule has 2 aromatic rings. The minimum atomic E-state index is 0.667. The summed E-state index contributed by atoms with van der Waals surface area (Å²) in [6.07, 6.45) is 1.93. The van der Waals surface area contributed by atoms with Crippen LogP contribution in [0.3, 0.4) is 0 Å². The van der Waals surface area contributed by atoms with Gasteiger partial charge in [-0.2, -0.15) is 0 Å². The first kappa shape index (κ1) is 15.2. The van der Waals surface area contributed by atoms with E-state index in [1.54, 1.807) is 0 Å². The van der Waals surface area contributed by atoms with Crippen molar-refractivity contribution in [3.05, 3.63) is 48.5 Å². The molecule has 0 atom stereocenters. The van der Waals surface area contributed by atoms with E-state index in [9.17, 15) is 0 Å². The fraction of sp³-hybridized carbons (Fsp3) is 0.333. The standard InChI is InChI=1S/C18H22O3/c1-3-12-19-16-10-11-17(20-13-4-2)18(14-16)21-15-8-6-5-7-9-15/h5-11,14H,3-4,12-13H2,1-2H3. The lowest BCUT2D eigenvalue weighted by molar-refractivity contribution is 0.295. The maximum absolute atomic E-state index is 5.92. The van der Waals surface area contributed by atoms with Crippen LogP contribution >= 0.6 is 0 Å². The molecule has 0 saturated carbocycles. The van der Waals surface area contributed by atoms with Crippen molar-refractivity contribution < 1.29 is 14.2 Å². The molecule has 0 unspecified atom stereocenters. The van der Waals surface area contributed by atoms with Gasteiger partial charge in [0.1, 0.15) is 11.5 Å². The van der Waals surface area contributed by atoms with Crippen LogP contribution in [0, 0.1) is 0 Å². The largest absolute Gasteiger partial charge is 0.493 e. The Hall–Kier alpha value is -2.16. The zero-order chi connectivity index (χ0) is 14.9. The molecule has 0 radical (unpaired) electrons. The third kappa shape index (κ3) is 4.71. The van der Waals surface area contributed by atoms with E-state index in [1.807, 2.05) is 48.5 Å². The molecule has 0 saturated heterocycles. The molecule has 3 nitrogen and oxygen atoms in total. The van der Waals surface area contributed by atoms with Crippen molar-refractivity contribution >= 4 is 0 Å². The lowest BCUT2D eigenvalue weighted by Gasteiger charge is -2.14. The van der Waals surface area contributed by atoms with Crippen LogP contribution < -0.4 is 14.2 Å². The molecule has 0 amide bonds. The van der Waals surface area contributed by atoms with Gasteiger partial charge in [0.25, 0.3) is 0 Å². The molecule has 2 rings (SSSR count). The fourth-order valence-electron chi connectivity index (χ4n) is 1.82. The van der Waals surface area contributed by atoms with E-state index in [-0.39, 0.29) is 0 Å². The zero-order valence-electron chi connectivity index (χ0n) is 12.7. The summed E-state index contributed by atoms with van der Waals surface area (Å²) < 4.78 is 17.3. The van der Waals surface area contributed by atoms with Gasteiger partial charge in [-0.1, -0.05) is 32.0 Å². The van der Waals surface area contributed by atoms with Gasteiger partial charge in [-0.15, -0.1) is 0 Å². The predicted octanol–water partition coefficient (Wildman–Crippen LogP) is 5.06. The average Bonchev–Trinajstić information content (AvgIpc) is 2.53. The van der Waals surface area contributed by atoms with Crippen LogP contribution in [0.15, 0.2) is 48.5 Å². The van der Waals surface area contributed by atoms with Gasteiger partial charge in [-0.3, -0.25) is 0 Å². The number of hydrogen-bond acceptors (Lipinski definition) is 3. The maximum Gasteiger partial charge on any atom is 0.172 e. The smallest absolute Gasteiger partial charge is 0.172 e. The second-order valence-corrected chi connectivity index (χ2v) is 4.72. The first-order valence-electron chi connectivity index (χ1n) is 7.46.